The predicted molar refractivity (Wildman–Crippen MR) is 108 cm³/mol. The van der Waals surface area contributed by atoms with Crippen molar-refractivity contribution in [2.75, 3.05) is 6.54 Å². The van der Waals surface area contributed by atoms with Gasteiger partial charge < -0.3 is 15.2 Å². The molecule has 3 rings (SSSR count). The molecule has 0 saturated heterocycles. The number of fused-ring (bicyclic) bond motifs is 1. The second kappa shape index (κ2) is 8.67. The third-order valence-corrected chi connectivity index (χ3v) is 4.55. The Labute approximate surface area is 164 Å². The summed E-state index contributed by atoms with van der Waals surface area (Å²) in [6, 6.07) is 20.3. The first-order valence-electron chi connectivity index (χ1n) is 9.16. The molecular weight excluding hydrogens is 354 g/mol. The Morgan fingerprint density at radius 3 is 2.50 bits per heavy atom. The molecule has 2 unspecified atom stereocenters. The topological polar surface area (TPSA) is 75.6 Å². The summed E-state index contributed by atoms with van der Waals surface area (Å²) in [5.41, 5.74) is 1.26. The fourth-order valence-electron chi connectivity index (χ4n) is 2.92. The molecular formula is C23H23NO4. The maximum absolute atomic E-state index is 12.3. The SMILES string of the molecule is CC(=O)c1cccc(OC(C)C(=O)NCC(O)c2ccc3ccccc3c2)c1. The number of ketones is 1. The van der Waals surface area contributed by atoms with Crippen molar-refractivity contribution in [2.24, 2.45) is 0 Å². The maximum Gasteiger partial charge on any atom is 0.260 e. The van der Waals surface area contributed by atoms with E-state index in [4.69, 9.17) is 4.74 Å². The standard InChI is InChI=1S/C23H23NO4/c1-15(25)18-8-5-9-21(13-18)28-16(2)23(27)24-14-22(26)20-11-10-17-6-3-4-7-19(17)12-20/h3-13,16,22,26H,14H2,1-2H3,(H,24,27). The predicted octanol–water partition coefficient (Wildman–Crippen LogP) is 3.66. The lowest BCUT2D eigenvalue weighted by Gasteiger charge is -2.17. The van der Waals surface area contributed by atoms with Gasteiger partial charge in [0.15, 0.2) is 11.9 Å². The number of hydrogen-bond acceptors (Lipinski definition) is 4. The van der Waals surface area contributed by atoms with Gasteiger partial charge in [-0.05, 0) is 48.4 Å². The second-order valence-electron chi connectivity index (χ2n) is 6.71. The van der Waals surface area contributed by atoms with Crippen LogP contribution in [0.4, 0.5) is 0 Å². The molecule has 0 aliphatic carbocycles. The van der Waals surface area contributed by atoms with Crippen LogP contribution in [0.25, 0.3) is 10.8 Å². The number of aliphatic hydroxyl groups is 1. The van der Waals surface area contributed by atoms with Crippen LogP contribution in [0.1, 0.15) is 35.9 Å². The lowest BCUT2D eigenvalue weighted by atomic mass is 10.0. The first-order chi connectivity index (χ1) is 13.4. The van der Waals surface area contributed by atoms with Gasteiger partial charge in [0.1, 0.15) is 5.75 Å². The third-order valence-electron chi connectivity index (χ3n) is 4.55. The van der Waals surface area contributed by atoms with Gasteiger partial charge in [-0.1, -0.05) is 48.5 Å². The van der Waals surface area contributed by atoms with E-state index in [1.807, 2.05) is 42.5 Å². The van der Waals surface area contributed by atoms with Crippen molar-refractivity contribution < 1.29 is 19.4 Å². The zero-order chi connectivity index (χ0) is 20.1. The van der Waals surface area contributed by atoms with Crippen molar-refractivity contribution in [3.8, 4) is 5.75 Å². The maximum atomic E-state index is 12.3. The lowest BCUT2D eigenvalue weighted by Crippen LogP contribution is -2.38. The molecule has 0 bridgehead atoms. The normalized spacial score (nSPS) is 13.0. The van der Waals surface area contributed by atoms with Gasteiger partial charge in [-0.15, -0.1) is 0 Å². The zero-order valence-electron chi connectivity index (χ0n) is 15.9. The highest BCUT2D eigenvalue weighted by Crippen LogP contribution is 2.20. The number of carbonyl (C=O) groups is 2. The van der Waals surface area contributed by atoms with E-state index < -0.39 is 12.2 Å². The van der Waals surface area contributed by atoms with Crippen LogP contribution in [0.5, 0.6) is 5.75 Å². The minimum absolute atomic E-state index is 0.0685. The first kappa shape index (κ1) is 19.6. The molecule has 5 nitrogen and oxygen atoms in total. The van der Waals surface area contributed by atoms with E-state index in [0.29, 0.717) is 11.3 Å². The molecule has 0 saturated carbocycles. The molecule has 3 aromatic carbocycles. The molecule has 0 aliphatic rings. The van der Waals surface area contributed by atoms with Gasteiger partial charge in [0.25, 0.3) is 5.91 Å². The van der Waals surface area contributed by atoms with E-state index in [9.17, 15) is 14.7 Å². The molecule has 0 spiro atoms. The quantitative estimate of drug-likeness (QED) is 0.616. The summed E-state index contributed by atoms with van der Waals surface area (Å²) in [6.07, 6.45) is -1.58. The monoisotopic (exact) mass is 377 g/mol. The van der Waals surface area contributed by atoms with Gasteiger partial charge >= 0.3 is 0 Å². The molecule has 0 radical (unpaired) electrons. The molecule has 5 heteroatoms. The molecule has 3 aromatic rings. The lowest BCUT2D eigenvalue weighted by molar-refractivity contribution is -0.127. The first-order valence-corrected chi connectivity index (χ1v) is 9.16. The Morgan fingerprint density at radius 1 is 1.00 bits per heavy atom. The van der Waals surface area contributed by atoms with Gasteiger partial charge in [-0.25, -0.2) is 0 Å². The molecule has 2 atom stereocenters. The van der Waals surface area contributed by atoms with Crippen molar-refractivity contribution in [1.29, 1.82) is 0 Å². The Bertz CT molecular complexity index is 999. The van der Waals surface area contributed by atoms with E-state index in [1.54, 1.807) is 31.2 Å². The molecule has 144 valence electrons. The van der Waals surface area contributed by atoms with Crippen LogP contribution >= 0.6 is 0 Å². The zero-order valence-corrected chi connectivity index (χ0v) is 15.9. The Kier molecular flexibility index (Phi) is 6.06. The van der Waals surface area contributed by atoms with E-state index in [-0.39, 0.29) is 18.2 Å². The number of aliphatic hydroxyl groups excluding tert-OH is 1. The van der Waals surface area contributed by atoms with E-state index in [2.05, 4.69) is 5.32 Å². The summed E-state index contributed by atoms with van der Waals surface area (Å²) < 4.78 is 5.62. The van der Waals surface area contributed by atoms with Crippen molar-refractivity contribution in [1.82, 2.24) is 5.32 Å². The number of Topliss-reactive ketones (excluding diaryl/α,β-unsaturated/α-hetero) is 1. The van der Waals surface area contributed by atoms with Gasteiger partial charge in [-0.3, -0.25) is 9.59 Å². The number of carbonyl (C=O) groups excluding carboxylic acids is 2. The molecule has 2 N–H and O–H groups in total. The summed E-state index contributed by atoms with van der Waals surface area (Å²) in [5, 5.41) is 15.2. The Balaban J connectivity index is 1.57. The van der Waals surface area contributed by atoms with Crippen LogP contribution in [-0.2, 0) is 4.79 Å². The Hall–Kier alpha value is -3.18. The van der Waals surface area contributed by atoms with Crippen LogP contribution in [0.15, 0.2) is 66.7 Å². The highest BCUT2D eigenvalue weighted by atomic mass is 16.5. The average molecular weight is 377 g/mol. The molecule has 28 heavy (non-hydrogen) atoms. The van der Waals surface area contributed by atoms with Gasteiger partial charge in [0.2, 0.25) is 0 Å². The average Bonchev–Trinajstić information content (AvgIpc) is 2.71. The van der Waals surface area contributed by atoms with Crippen LogP contribution in [-0.4, -0.2) is 29.4 Å². The van der Waals surface area contributed by atoms with E-state index >= 15 is 0 Å². The van der Waals surface area contributed by atoms with E-state index in [0.717, 1.165) is 16.3 Å². The number of rotatable bonds is 7. The minimum Gasteiger partial charge on any atom is -0.481 e. The van der Waals surface area contributed by atoms with Crippen LogP contribution < -0.4 is 10.1 Å². The van der Waals surface area contributed by atoms with Crippen LogP contribution in [0, 0.1) is 0 Å². The fourth-order valence-corrected chi connectivity index (χ4v) is 2.92. The van der Waals surface area contributed by atoms with Crippen molar-refractivity contribution in [3.63, 3.8) is 0 Å². The number of benzene rings is 3. The van der Waals surface area contributed by atoms with E-state index in [1.165, 1.54) is 6.92 Å². The smallest absolute Gasteiger partial charge is 0.260 e. The summed E-state index contributed by atoms with van der Waals surface area (Å²) in [5.74, 6) is 0.0413. The fraction of sp³-hybridized carbons (Fsp3) is 0.217. The molecule has 0 heterocycles. The molecule has 0 fully saturated rings. The Morgan fingerprint density at radius 2 is 1.75 bits per heavy atom. The molecule has 0 aromatic heterocycles. The van der Waals surface area contributed by atoms with Gasteiger partial charge in [0, 0.05) is 12.1 Å². The van der Waals surface area contributed by atoms with Crippen LogP contribution in [0.3, 0.4) is 0 Å². The van der Waals surface area contributed by atoms with Gasteiger partial charge in [0.05, 0.1) is 6.10 Å². The molecule has 0 aliphatic heterocycles. The number of hydrogen-bond donors (Lipinski definition) is 2. The minimum atomic E-state index is -0.818. The van der Waals surface area contributed by atoms with Crippen molar-refractivity contribution >= 4 is 22.5 Å². The summed E-state index contributed by atoms with van der Waals surface area (Å²) >= 11 is 0. The largest absolute Gasteiger partial charge is 0.481 e. The van der Waals surface area contributed by atoms with Crippen molar-refractivity contribution in [3.05, 3.63) is 77.9 Å². The summed E-state index contributed by atoms with van der Waals surface area (Å²) in [4.78, 5) is 23.7. The van der Waals surface area contributed by atoms with Crippen LogP contribution in [0.2, 0.25) is 0 Å². The number of ether oxygens (including phenoxy) is 1. The highest BCUT2D eigenvalue weighted by molar-refractivity contribution is 5.94. The summed E-state index contributed by atoms with van der Waals surface area (Å²) in [6.45, 7) is 3.18. The summed E-state index contributed by atoms with van der Waals surface area (Å²) in [7, 11) is 0. The second-order valence-corrected chi connectivity index (χ2v) is 6.71. The van der Waals surface area contributed by atoms with Gasteiger partial charge in [-0.2, -0.15) is 0 Å². The molecule has 1 amide bonds. The third kappa shape index (κ3) is 4.75. The van der Waals surface area contributed by atoms with Crippen molar-refractivity contribution in [2.45, 2.75) is 26.1 Å². The highest BCUT2D eigenvalue weighted by Gasteiger charge is 2.17. The number of amides is 1. The number of nitrogens with one attached hydrogen (secondary N) is 1.